The SMILES string of the molecule is CC(C)[C@@](C)(C#N)NC(=O)[C@H](C)OC(=O)CCc1nc2ccccc2s1. The van der Waals surface area contributed by atoms with Crippen molar-refractivity contribution < 1.29 is 14.3 Å². The monoisotopic (exact) mass is 373 g/mol. The number of fused-ring (bicyclic) bond motifs is 1. The van der Waals surface area contributed by atoms with Gasteiger partial charge in [0.05, 0.1) is 27.7 Å². The molecule has 0 fully saturated rings. The van der Waals surface area contributed by atoms with Gasteiger partial charge in [-0.2, -0.15) is 5.26 Å². The van der Waals surface area contributed by atoms with Crippen molar-refractivity contribution in [3.8, 4) is 6.07 Å². The van der Waals surface area contributed by atoms with Crippen LogP contribution in [0.4, 0.5) is 0 Å². The molecule has 1 aromatic heterocycles. The van der Waals surface area contributed by atoms with Crippen LogP contribution in [0, 0.1) is 17.2 Å². The normalized spacial score (nSPS) is 14.5. The van der Waals surface area contributed by atoms with E-state index in [0.717, 1.165) is 15.2 Å². The van der Waals surface area contributed by atoms with Crippen molar-refractivity contribution in [1.29, 1.82) is 5.26 Å². The van der Waals surface area contributed by atoms with Crippen LogP contribution in [-0.4, -0.2) is 28.5 Å². The lowest BCUT2D eigenvalue weighted by atomic mass is 9.90. The summed E-state index contributed by atoms with van der Waals surface area (Å²) in [5, 5.41) is 12.8. The van der Waals surface area contributed by atoms with Crippen molar-refractivity contribution in [2.45, 2.75) is 52.2 Å². The molecule has 7 heteroatoms. The number of aromatic nitrogens is 1. The Balaban J connectivity index is 1.86. The van der Waals surface area contributed by atoms with Crippen LogP contribution < -0.4 is 5.32 Å². The molecule has 2 rings (SSSR count). The van der Waals surface area contributed by atoms with Gasteiger partial charge >= 0.3 is 5.97 Å². The van der Waals surface area contributed by atoms with Gasteiger partial charge in [-0.3, -0.25) is 9.59 Å². The number of esters is 1. The smallest absolute Gasteiger partial charge is 0.306 e. The van der Waals surface area contributed by atoms with Gasteiger partial charge in [-0.15, -0.1) is 11.3 Å². The summed E-state index contributed by atoms with van der Waals surface area (Å²) in [6.07, 6.45) is -0.338. The first-order chi connectivity index (χ1) is 12.2. The number of benzene rings is 1. The van der Waals surface area contributed by atoms with Crippen LogP contribution in [0.3, 0.4) is 0 Å². The molecule has 1 amide bonds. The second kappa shape index (κ2) is 8.28. The number of carbonyl (C=O) groups excluding carboxylic acids is 2. The Morgan fingerprint density at radius 3 is 2.65 bits per heavy atom. The number of hydrogen-bond donors (Lipinski definition) is 1. The molecule has 0 saturated heterocycles. The summed E-state index contributed by atoms with van der Waals surface area (Å²) in [6, 6.07) is 9.89. The van der Waals surface area contributed by atoms with Gasteiger partial charge in [0.25, 0.3) is 5.91 Å². The van der Waals surface area contributed by atoms with E-state index in [1.165, 1.54) is 6.92 Å². The lowest BCUT2D eigenvalue weighted by Gasteiger charge is -2.28. The number of thiazole rings is 1. The van der Waals surface area contributed by atoms with Gasteiger partial charge < -0.3 is 10.1 Å². The van der Waals surface area contributed by atoms with E-state index in [9.17, 15) is 14.9 Å². The molecule has 0 spiro atoms. The van der Waals surface area contributed by atoms with Crippen LogP contribution >= 0.6 is 11.3 Å². The molecule has 26 heavy (non-hydrogen) atoms. The minimum Gasteiger partial charge on any atom is -0.453 e. The molecule has 0 radical (unpaired) electrons. The van der Waals surface area contributed by atoms with E-state index in [-0.39, 0.29) is 12.3 Å². The molecule has 0 unspecified atom stereocenters. The summed E-state index contributed by atoms with van der Waals surface area (Å²) in [4.78, 5) is 28.7. The van der Waals surface area contributed by atoms with Crippen LogP contribution in [-0.2, 0) is 20.7 Å². The number of nitriles is 1. The van der Waals surface area contributed by atoms with Gasteiger partial charge in [-0.1, -0.05) is 26.0 Å². The average molecular weight is 373 g/mol. The Morgan fingerprint density at radius 1 is 1.35 bits per heavy atom. The third-order valence-electron chi connectivity index (χ3n) is 4.33. The Morgan fingerprint density at radius 2 is 2.04 bits per heavy atom. The van der Waals surface area contributed by atoms with E-state index in [1.54, 1.807) is 18.3 Å². The predicted octanol–water partition coefficient (Wildman–Crippen LogP) is 3.22. The highest BCUT2D eigenvalue weighted by Gasteiger charge is 2.32. The number of rotatable bonds is 7. The maximum absolute atomic E-state index is 12.2. The second-order valence-electron chi connectivity index (χ2n) is 6.67. The Hall–Kier alpha value is -2.46. The molecule has 1 aromatic carbocycles. The second-order valence-corrected chi connectivity index (χ2v) is 7.78. The summed E-state index contributed by atoms with van der Waals surface area (Å²) in [5.41, 5.74) is -0.0863. The van der Waals surface area contributed by atoms with Crippen molar-refractivity contribution >= 4 is 33.4 Å². The van der Waals surface area contributed by atoms with Gasteiger partial charge in [0.15, 0.2) is 6.10 Å². The van der Waals surface area contributed by atoms with Crippen molar-refractivity contribution in [3.05, 3.63) is 29.3 Å². The Labute approximate surface area is 157 Å². The van der Waals surface area contributed by atoms with E-state index in [4.69, 9.17) is 4.74 Å². The number of carbonyl (C=O) groups is 2. The minimum absolute atomic E-state index is 0.0709. The first kappa shape index (κ1) is 19.9. The van der Waals surface area contributed by atoms with E-state index in [2.05, 4.69) is 16.4 Å². The fourth-order valence-electron chi connectivity index (χ4n) is 2.20. The zero-order valence-corrected chi connectivity index (χ0v) is 16.2. The topological polar surface area (TPSA) is 92.1 Å². The largest absolute Gasteiger partial charge is 0.453 e. The standard InChI is InChI=1S/C19H23N3O3S/c1-12(2)19(4,11-20)22-18(24)13(3)25-17(23)10-9-16-21-14-7-5-6-8-15(14)26-16/h5-8,12-13H,9-10H2,1-4H3,(H,22,24)/t13-,19+/m0/s1. The Kier molecular flexibility index (Phi) is 6.32. The van der Waals surface area contributed by atoms with E-state index < -0.39 is 23.5 Å². The zero-order valence-electron chi connectivity index (χ0n) is 15.4. The molecule has 1 N–H and O–H groups in total. The summed E-state index contributed by atoms with van der Waals surface area (Å²) in [7, 11) is 0. The summed E-state index contributed by atoms with van der Waals surface area (Å²) in [6.45, 7) is 6.84. The van der Waals surface area contributed by atoms with Gasteiger partial charge in [0.1, 0.15) is 5.54 Å². The molecule has 0 aliphatic heterocycles. The maximum atomic E-state index is 12.2. The minimum atomic E-state index is -1.00. The fraction of sp³-hybridized carbons (Fsp3) is 0.474. The number of hydrogen-bond acceptors (Lipinski definition) is 6. The van der Waals surface area contributed by atoms with Crippen molar-refractivity contribution in [2.24, 2.45) is 5.92 Å². The highest BCUT2D eigenvalue weighted by atomic mass is 32.1. The van der Waals surface area contributed by atoms with Gasteiger partial charge in [-0.25, -0.2) is 4.98 Å². The van der Waals surface area contributed by atoms with E-state index in [1.807, 2.05) is 38.1 Å². The van der Waals surface area contributed by atoms with Gasteiger partial charge in [-0.05, 0) is 31.9 Å². The summed E-state index contributed by atoms with van der Waals surface area (Å²) in [5.74, 6) is -1.01. The lowest BCUT2D eigenvalue weighted by molar-refractivity contribution is -0.155. The molecule has 6 nitrogen and oxygen atoms in total. The maximum Gasteiger partial charge on any atom is 0.306 e. The molecular formula is C19H23N3O3S. The molecule has 0 aliphatic rings. The van der Waals surface area contributed by atoms with Crippen molar-refractivity contribution in [1.82, 2.24) is 10.3 Å². The van der Waals surface area contributed by atoms with E-state index >= 15 is 0 Å². The highest BCUT2D eigenvalue weighted by Crippen LogP contribution is 2.22. The van der Waals surface area contributed by atoms with Gasteiger partial charge in [0.2, 0.25) is 0 Å². The summed E-state index contributed by atoms with van der Waals surface area (Å²) >= 11 is 1.54. The number of nitrogens with one attached hydrogen (secondary N) is 1. The fourth-order valence-corrected chi connectivity index (χ4v) is 3.17. The number of amides is 1. The predicted molar refractivity (Wildman–Crippen MR) is 100 cm³/mol. The van der Waals surface area contributed by atoms with E-state index in [0.29, 0.717) is 6.42 Å². The third-order valence-corrected chi connectivity index (χ3v) is 5.42. The quantitative estimate of drug-likeness (QED) is 0.752. The zero-order chi connectivity index (χ0) is 19.3. The number of para-hydroxylation sites is 1. The van der Waals surface area contributed by atoms with Gasteiger partial charge in [0, 0.05) is 6.42 Å². The molecule has 2 aromatic rings. The van der Waals surface area contributed by atoms with Crippen LogP contribution in [0.25, 0.3) is 10.2 Å². The molecule has 1 heterocycles. The van der Waals surface area contributed by atoms with Crippen LogP contribution in [0.2, 0.25) is 0 Å². The van der Waals surface area contributed by atoms with Crippen LogP contribution in [0.1, 0.15) is 39.1 Å². The summed E-state index contributed by atoms with van der Waals surface area (Å²) < 4.78 is 6.27. The lowest BCUT2D eigenvalue weighted by Crippen LogP contribution is -2.52. The third kappa shape index (κ3) is 4.79. The highest BCUT2D eigenvalue weighted by molar-refractivity contribution is 7.18. The number of ether oxygens (including phenoxy) is 1. The Bertz CT molecular complexity index is 807. The average Bonchev–Trinajstić information content (AvgIpc) is 3.02. The molecule has 0 saturated carbocycles. The first-order valence-corrected chi connectivity index (χ1v) is 9.34. The molecule has 0 bridgehead atoms. The molecular weight excluding hydrogens is 350 g/mol. The molecule has 2 atom stereocenters. The van der Waals surface area contributed by atoms with Crippen LogP contribution in [0.5, 0.6) is 0 Å². The first-order valence-electron chi connectivity index (χ1n) is 8.52. The van der Waals surface area contributed by atoms with Crippen molar-refractivity contribution in [2.75, 3.05) is 0 Å². The molecule has 138 valence electrons. The molecule has 0 aliphatic carbocycles. The van der Waals surface area contributed by atoms with Crippen LogP contribution in [0.15, 0.2) is 24.3 Å². The number of aryl methyl sites for hydroxylation is 1. The number of nitrogens with zero attached hydrogens (tertiary/aromatic N) is 2. The van der Waals surface area contributed by atoms with Crippen molar-refractivity contribution in [3.63, 3.8) is 0 Å².